The molecule has 6 rings (SSSR count). The van der Waals surface area contributed by atoms with Gasteiger partial charge in [-0.05, 0) is 73.9 Å². The van der Waals surface area contributed by atoms with Gasteiger partial charge in [0.1, 0.15) is 31.5 Å². The fraction of sp³-hybridized carbons (Fsp3) is 0.333. The number of rotatable bonds is 10. The quantitative estimate of drug-likeness (QED) is 0.0934. The van der Waals surface area contributed by atoms with Gasteiger partial charge in [-0.2, -0.15) is 0 Å². The van der Waals surface area contributed by atoms with Gasteiger partial charge in [0.25, 0.3) is 5.91 Å². The molecule has 11 heteroatoms. The monoisotopic (exact) mass is 719 g/mol. The number of fused-ring (bicyclic) bond motifs is 3. The van der Waals surface area contributed by atoms with Gasteiger partial charge in [-0.25, -0.2) is 29.5 Å². The molecule has 1 heterocycles. The second-order valence-corrected chi connectivity index (χ2v) is 14.1. The van der Waals surface area contributed by atoms with Gasteiger partial charge in [0.05, 0.1) is 0 Å². The first-order chi connectivity index (χ1) is 25.5. The average molecular weight is 720 g/mol. The number of esters is 1. The fourth-order valence-electron chi connectivity index (χ4n) is 6.63. The van der Waals surface area contributed by atoms with E-state index in [4.69, 9.17) is 19.0 Å². The molecule has 1 fully saturated rings. The second-order valence-electron chi connectivity index (χ2n) is 14.1. The number of carbonyl (C=O) groups excluding carboxylic acids is 4. The van der Waals surface area contributed by atoms with Gasteiger partial charge >= 0.3 is 18.2 Å². The van der Waals surface area contributed by atoms with Gasteiger partial charge in [0, 0.05) is 12.5 Å². The molecule has 276 valence electrons. The third-order valence-electron chi connectivity index (χ3n) is 9.16. The molecule has 53 heavy (non-hydrogen) atoms. The summed E-state index contributed by atoms with van der Waals surface area (Å²) in [5.41, 5.74) is 4.82. The molecule has 0 spiro atoms. The summed E-state index contributed by atoms with van der Waals surface area (Å²) >= 11 is 0. The third-order valence-corrected chi connectivity index (χ3v) is 9.16. The molecule has 0 saturated carbocycles. The van der Waals surface area contributed by atoms with Crippen molar-refractivity contribution < 1.29 is 38.2 Å². The predicted octanol–water partition coefficient (Wildman–Crippen LogP) is 7.64. The lowest BCUT2D eigenvalue weighted by Gasteiger charge is -2.43. The Labute approximate surface area is 309 Å². The maximum atomic E-state index is 14.6. The van der Waals surface area contributed by atoms with E-state index in [2.05, 4.69) is 0 Å². The molecule has 0 bridgehead atoms. The molecule has 1 aliphatic carbocycles. The molecule has 0 radical (unpaired) electrons. The molecule has 0 N–H and O–H groups in total. The van der Waals surface area contributed by atoms with Crippen LogP contribution in [0.15, 0.2) is 109 Å². The van der Waals surface area contributed by atoms with E-state index < -0.39 is 41.7 Å². The van der Waals surface area contributed by atoms with Gasteiger partial charge in [-0.15, -0.1) is 0 Å². The van der Waals surface area contributed by atoms with E-state index >= 15 is 0 Å². The topological polar surface area (TPSA) is 115 Å². The van der Waals surface area contributed by atoms with Crippen LogP contribution in [0.4, 0.5) is 9.59 Å². The van der Waals surface area contributed by atoms with Crippen LogP contribution < -0.4 is 0 Å². The minimum Gasteiger partial charge on any atom is -0.458 e. The Morgan fingerprint density at radius 2 is 1.28 bits per heavy atom. The van der Waals surface area contributed by atoms with Crippen LogP contribution in [0.25, 0.3) is 11.1 Å². The zero-order valence-corrected chi connectivity index (χ0v) is 30.5. The van der Waals surface area contributed by atoms with Gasteiger partial charge in [-0.3, -0.25) is 9.63 Å². The van der Waals surface area contributed by atoms with E-state index in [0.717, 1.165) is 48.5 Å². The maximum Gasteiger partial charge on any atom is 0.429 e. The number of benzene rings is 4. The van der Waals surface area contributed by atoms with Crippen LogP contribution in [0.3, 0.4) is 0 Å². The molecule has 4 aromatic carbocycles. The highest BCUT2D eigenvalue weighted by Crippen LogP contribution is 2.44. The first-order valence-corrected chi connectivity index (χ1v) is 17.9. The number of hydrazine groups is 1. The molecule has 1 saturated heterocycles. The Bertz CT molecular complexity index is 1870. The Balaban J connectivity index is 1.29. The number of nitrogens with zero attached hydrogens (tertiary/aromatic N) is 3. The van der Waals surface area contributed by atoms with E-state index in [1.807, 2.05) is 109 Å². The lowest BCUT2D eigenvalue weighted by atomic mass is 9.98. The summed E-state index contributed by atoms with van der Waals surface area (Å²) in [5, 5.41) is 3.09. The highest BCUT2D eigenvalue weighted by Gasteiger charge is 2.46. The average Bonchev–Trinajstić information content (AvgIpc) is 3.49. The molecular weight excluding hydrogens is 674 g/mol. The van der Waals surface area contributed by atoms with E-state index in [-0.39, 0.29) is 38.7 Å². The van der Waals surface area contributed by atoms with Crippen molar-refractivity contribution >= 4 is 24.1 Å². The smallest absolute Gasteiger partial charge is 0.429 e. The Morgan fingerprint density at radius 1 is 0.736 bits per heavy atom. The second kappa shape index (κ2) is 16.3. The van der Waals surface area contributed by atoms with Crippen molar-refractivity contribution in [1.82, 2.24) is 15.1 Å². The molecule has 4 aromatic rings. The van der Waals surface area contributed by atoms with E-state index in [0.29, 0.717) is 6.42 Å². The van der Waals surface area contributed by atoms with E-state index in [9.17, 15) is 19.2 Å². The third kappa shape index (κ3) is 8.69. The van der Waals surface area contributed by atoms with Crippen LogP contribution in [0, 0.1) is 0 Å². The van der Waals surface area contributed by atoms with E-state index in [1.165, 1.54) is 6.92 Å². The number of ether oxygens (including phenoxy) is 3. The summed E-state index contributed by atoms with van der Waals surface area (Å²) in [7, 11) is 0. The summed E-state index contributed by atoms with van der Waals surface area (Å²) in [4.78, 5) is 62.1. The molecule has 11 nitrogen and oxygen atoms in total. The predicted molar refractivity (Wildman–Crippen MR) is 197 cm³/mol. The van der Waals surface area contributed by atoms with Gasteiger partial charge in [-0.1, -0.05) is 109 Å². The summed E-state index contributed by atoms with van der Waals surface area (Å²) in [6.45, 7) is 6.65. The number of amides is 3. The van der Waals surface area contributed by atoms with Crippen molar-refractivity contribution in [3.8, 4) is 11.1 Å². The van der Waals surface area contributed by atoms with Crippen LogP contribution in [0.1, 0.15) is 68.7 Å². The van der Waals surface area contributed by atoms with Crippen LogP contribution >= 0.6 is 0 Å². The Kier molecular flexibility index (Phi) is 11.4. The Hall–Kier alpha value is -5.68. The molecule has 2 atom stereocenters. The van der Waals surface area contributed by atoms with Crippen molar-refractivity contribution in [3.05, 3.63) is 131 Å². The first kappa shape index (κ1) is 37.1. The van der Waals surface area contributed by atoms with Gasteiger partial charge in [0.15, 0.2) is 6.04 Å². The number of carbonyl (C=O) groups is 4. The zero-order chi connectivity index (χ0) is 37.5. The van der Waals surface area contributed by atoms with Crippen molar-refractivity contribution in [2.45, 2.75) is 77.4 Å². The maximum absolute atomic E-state index is 14.6. The first-order valence-electron chi connectivity index (χ1n) is 17.9. The van der Waals surface area contributed by atoms with Crippen LogP contribution in [0.2, 0.25) is 0 Å². The number of hydrogen-bond acceptors (Lipinski definition) is 8. The Morgan fingerprint density at radius 3 is 1.87 bits per heavy atom. The van der Waals surface area contributed by atoms with Gasteiger partial charge < -0.3 is 14.2 Å². The summed E-state index contributed by atoms with van der Waals surface area (Å²) in [6, 6.07) is 31.8. The number of hydrogen-bond donors (Lipinski definition) is 0. The van der Waals surface area contributed by atoms with Crippen LogP contribution in [-0.2, 0) is 41.9 Å². The van der Waals surface area contributed by atoms with Crippen molar-refractivity contribution in [1.29, 1.82) is 0 Å². The van der Waals surface area contributed by atoms with Crippen LogP contribution in [-0.4, -0.2) is 70.0 Å². The normalized spacial score (nSPS) is 15.9. The standard InChI is InChI=1S/C42H45N3O8/c1-29(39(47)53-42(2,3)4)45(52-27-31-18-9-6-10-19-31)38(46)37-24-15-25-43(40(48)50-26-30-16-7-5-8-17-30)44(37)41(49)51-28-36-34-22-13-11-20-32(34)33-21-12-14-23-35(33)36/h5-14,16-23,29,36-37H,15,24-28H2,1-4H3/t29-,37?/m0/s1. The lowest BCUT2D eigenvalue weighted by Crippen LogP contribution is -2.63. The lowest BCUT2D eigenvalue weighted by molar-refractivity contribution is -0.222. The zero-order valence-electron chi connectivity index (χ0n) is 30.5. The van der Waals surface area contributed by atoms with E-state index in [1.54, 1.807) is 20.8 Å². The minimum absolute atomic E-state index is 0.0415. The number of hydroxylamine groups is 2. The fourth-order valence-corrected chi connectivity index (χ4v) is 6.63. The molecule has 3 amide bonds. The highest BCUT2D eigenvalue weighted by atomic mass is 16.7. The van der Waals surface area contributed by atoms with Gasteiger partial charge in [0.2, 0.25) is 0 Å². The molecule has 0 aromatic heterocycles. The summed E-state index contributed by atoms with van der Waals surface area (Å²) in [6.07, 6.45) is -1.21. The molecule has 2 aliphatic rings. The molecular formula is C42H45N3O8. The van der Waals surface area contributed by atoms with Crippen molar-refractivity contribution in [2.24, 2.45) is 0 Å². The largest absolute Gasteiger partial charge is 0.458 e. The highest BCUT2D eigenvalue weighted by molar-refractivity contribution is 5.90. The SMILES string of the molecule is C[C@@H](C(=O)OC(C)(C)C)N(OCc1ccccc1)C(=O)C1CCCN(C(=O)OCc2ccccc2)N1C(=O)OCC1c2ccccc2-c2ccccc21. The summed E-state index contributed by atoms with van der Waals surface area (Å²) in [5.74, 6) is -1.67. The van der Waals surface area contributed by atoms with Crippen LogP contribution in [0.5, 0.6) is 0 Å². The van der Waals surface area contributed by atoms with Crippen molar-refractivity contribution in [2.75, 3.05) is 13.2 Å². The summed E-state index contributed by atoms with van der Waals surface area (Å²) < 4.78 is 17.3. The molecule has 1 aliphatic heterocycles. The molecule has 1 unspecified atom stereocenters. The minimum atomic E-state index is -1.27. The van der Waals surface area contributed by atoms with Crippen molar-refractivity contribution in [3.63, 3.8) is 0 Å².